The molecule has 0 unspecified atom stereocenters. The van der Waals surface area contributed by atoms with Gasteiger partial charge in [0.05, 0.1) is 28.0 Å². The molecule has 10 aromatic rings. The Labute approximate surface area is 395 Å². The summed E-state index contributed by atoms with van der Waals surface area (Å²) in [4.78, 5) is 10.7. The lowest BCUT2D eigenvalue weighted by Gasteiger charge is -2.27. The molecule has 328 valence electrons. The van der Waals surface area contributed by atoms with E-state index in [1.165, 1.54) is 0 Å². The number of aromatic nitrogens is 3. The first-order valence-electron chi connectivity index (χ1n) is 23.2. The summed E-state index contributed by atoms with van der Waals surface area (Å²) < 4.78 is 2.26. The summed E-state index contributed by atoms with van der Waals surface area (Å²) in [7, 11) is 0. The number of aryl methyl sites for hydroxylation is 1. The molecule has 0 fully saturated rings. The quantitative estimate of drug-likeness (QED) is 0.165. The molecule has 2 aromatic heterocycles. The van der Waals surface area contributed by atoms with Gasteiger partial charge in [0.25, 0.3) is 0 Å². The summed E-state index contributed by atoms with van der Waals surface area (Å²) in [5, 5.41) is 12.6. The van der Waals surface area contributed by atoms with E-state index in [1.54, 1.807) is 0 Å². The van der Waals surface area contributed by atoms with Crippen molar-refractivity contribution in [2.24, 2.45) is 0 Å². The molecular weight excluding hydrogens is 815 g/mol. The highest BCUT2D eigenvalue weighted by molar-refractivity contribution is 6.01. The minimum absolute atomic E-state index is 0.193. The van der Waals surface area contributed by atoms with Gasteiger partial charge in [-0.2, -0.15) is 0 Å². The van der Waals surface area contributed by atoms with Crippen molar-refractivity contribution in [3.8, 4) is 89.7 Å². The molecule has 67 heavy (non-hydrogen) atoms. The molecule has 4 heteroatoms. The fraction of sp³-hybridized carbons (Fsp3) is 0.143. The van der Waals surface area contributed by atoms with Crippen LogP contribution >= 0.6 is 0 Å². The summed E-state index contributed by atoms with van der Waals surface area (Å²) in [5.41, 5.74) is 18.9. The number of aromatic hydroxyl groups is 1. The van der Waals surface area contributed by atoms with Crippen molar-refractivity contribution in [1.29, 1.82) is 0 Å². The Balaban J connectivity index is 1.31. The number of para-hydroxylation sites is 2. The fourth-order valence-electron chi connectivity index (χ4n) is 9.45. The maximum absolute atomic E-state index is 12.6. The second kappa shape index (κ2) is 17.2. The SMILES string of the molecule is Cc1ccnc(-c2cc(-c3c(-c4ccccc4)cccc3-c3ccccc3)cc(-c3cccc4c3nc(-c3cc(C(C)(C)C)cc(C(C)(C)C)c3O)n4-c3ccccc3-c3ccccc3)c2)c1. The van der Waals surface area contributed by atoms with Gasteiger partial charge in [0.2, 0.25) is 0 Å². The van der Waals surface area contributed by atoms with E-state index in [0.29, 0.717) is 11.4 Å². The standard InChI is InChI=1S/C63H55N3O/c1-41-33-34-64-55(35-41)46-36-45(37-47(38-46)58-50(43-23-13-9-14-24-43)28-19-29-51(58)44-25-15-10-16-26-44)52-30-20-32-57-59(52)65-61(53-39-48(62(2,3)4)40-54(60(53)67)63(5,6)7)66(57)56-31-18-17-27-49(56)42-21-11-8-12-22-42/h8-40,67H,1-7H3. The van der Waals surface area contributed by atoms with Crippen LogP contribution in [0.2, 0.25) is 0 Å². The van der Waals surface area contributed by atoms with Gasteiger partial charge >= 0.3 is 0 Å². The van der Waals surface area contributed by atoms with E-state index in [4.69, 9.17) is 9.97 Å². The van der Waals surface area contributed by atoms with Gasteiger partial charge in [-0.25, -0.2) is 4.98 Å². The van der Waals surface area contributed by atoms with Crippen LogP contribution in [-0.2, 0) is 10.8 Å². The van der Waals surface area contributed by atoms with Gasteiger partial charge in [0, 0.05) is 28.5 Å². The number of pyridine rings is 1. The van der Waals surface area contributed by atoms with Gasteiger partial charge in [0.15, 0.2) is 0 Å². The van der Waals surface area contributed by atoms with Crippen LogP contribution in [0, 0.1) is 6.92 Å². The number of hydrogen-bond acceptors (Lipinski definition) is 3. The molecule has 1 N–H and O–H groups in total. The van der Waals surface area contributed by atoms with E-state index >= 15 is 0 Å². The van der Waals surface area contributed by atoms with Crippen LogP contribution in [0.25, 0.3) is 95.0 Å². The van der Waals surface area contributed by atoms with Gasteiger partial charge in [-0.15, -0.1) is 0 Å². The highest BCUT2D eigenvalue weighted by Gasteiger charge is 2.29. The molecule has 4 nitrogen and oxygen atoms in total. The number of hydrogen-bond donors (Lipinski definition) is 1. The van der Waals surface area contributed by atoms with Crippen LogP contribution in [0.4, 0.5) is 0 Å². The lowest BCUT2D eigenvalue weighted by Crippen LogP contribution is -2.17. The Hall–Kier alpha value is -7.82. The molecule has 0 saturated carbocycles. The highest BCUT2D eigenvalue weighted by atomic mass is 16.3. The van der Waals surface area contributed by atoms with E-state index < -0.39 is 0 Å². The van der Waals surface area contributed by atoms with Crippen LogP contribution in [-0.4, -0.2) is 19.6 Å². The van der Waals surface area contributed by atoms with Crippen LogP contribution in [0.5, 0.6) is 5.75 Å². The van der Waals surface area contributed by atoms with Crippen molar-refractivity contribution < 1.29 is 5.11 Å². The van der Waals surface area contributed by atoms with E-state index in [9.17, 15) is 5.11 Å². The molecule has 0 aliphatic carbocycles. The number of benzene rings is 8. The molecular formula is C63H55N3O. The minimum atomic E-state index is -0.334. The topological polar surface area (TPSA) is 50.9 Å². The molecule has 0 amide bonds. The first-order valence-corrected chi connectivity index (χ1v) is 23.2. The molecule has 10 rings (SSSR count). The number of phenolic OH excluding ortho intramolecular Hbond substituents is 1. The normalized spacial score (nSPS) is 11.9. The zero-order valence-electron chi connectivity index (χ0n) is 39.3. The molecule has 0 radical (unpaired) electrons. The van der Waals surface area contributed by atoms with E-state index in [1.807, 2.05) is 12.3 Å². The number of imidazole rings is 1. The van der Waals surface area contributed by atoms with Crippen molar-refractivity contribution in [3.63, 3.8) is 0 Å². The zero-order chi connectivity index (χ0) is 46.5. The number of phenols is 1. The average molecular weight is 870 g/mol. The zero-order valence-corrected chi connectivity index (χ0v) is 39.3. The second-order valence-electron chi connectivity index (χ2n) is 19.7. The van der Waals surface area contributed by atoms with Crippen molar-refractivity contribution in [2.45, 2.75) is 59.3 Å². The Morgan fingerprint density at radius 1 is 0.448 bits per heavy atom. The first-order chi connectivity index (χ1) is 32.3. The van der Waals surface area contributed by atoms with E-state index in [0.717, 1.165) is 100 Å². The summed E-state index contributed by atoms with van der Waals surface area (Å²) >= 11 is 0. The van der Waals surface area contributed by atoms with Crippen molar-refractivity contribution >= 4 is 11.0 Å². The summed E-state index contributed by atoms with van der Waals surface area (Å²) in [6, 6.07) is 68.9. The third-order valence-corrected chi connectivity index (χ3v) is 12.9. The Bertz CT molecular complexity index is 3370. The first kappa shape index (κ1) is 43.1. The molecule has 8 aromatic carbocycles. The Kier molecular flexibility index (Phi) is 11.1. The third kappa shape index (κ3) is 8.25. The molecule has 0 aliphatic rings. The smallest absolute Gasteiger partial charge is 0.149 e. The summed E-state index contributed by atoms with van der Waals surface area (Å²) in [6.45, 7) is 15.3. The van der Waals surface area contributed by atoms with Crippen LogP contribution in [0.1, 0.15) is 58.2 Å². The average Bonchev–Trinajstić information content (AvgIpc) is 3.73. The third-order valence-electron chi connectivity index (χ3n) is 12.9. The number of rotatable bonds is 8. The molecule has 0 spiro atoms. The van der Waals surface area contributed by atoms with Crippen molar-refractivity contribution in [2.75, 3.05) is 0 Å². The van der Waals surface area contributed by atoms with Gasteiger partial charge in [-0.3, -0.25) is 9.55 Å². The minimum Gasteiger partial charge on any atom is -0.507 e. The number of fused-ring (bicyclic) bond motifs is 1. The van der Waals surface area contributed by atoms with Crippen molar-refractivity contribution in [3.05, 3.63) is 217 Å². The van der Waals surface area contributed by atoms with Crippen LogP contribution < -0.4 is 0 Å². The van der Waals surface area contributed by atoms with E-state index in [2.05, 4.69) is 241 Å². The molecule has 2 heterocycles. The van der Waals surface area contributed by atoms with Gasteiger partial charge in [-0.05, 0) is 122 Å². The maximum atomic E-state index is 12.6. The summed E-state index contributed by atoms with van der Waals surface area (Å²) in [6.07, 6.45) is 1.90. The van der Waals surface area contributed by atoms with Gasteiger partial charge < -0.3 is 5.11 Å². The monoisotopic (exact) mass is 869 g/mol. The molecule has 0 aliphatic heterocycles. The lowest BCUT2D eigenvalue weighted by atomic mass is 9.79. The van der Waals surface area contributed by atoms with Crippen LogP contribution in [0.15, 0.2) is 200 Å². The summed E-state index contributed by atoms with van der Waals surface area (Å²) in [5.74, 6) is 0.925. The van der Waals surface area contributed by atoms with Crippen molar-refractivity contribution in [1.82, 2.24) is 14.5 Å². The number of nitrogens with zero attached hydrogens (tertiary/aromatic N) is 3. The lowest BCUT2D eigenvalue weighted by molar-refractivity contribution is 0.446. The second-order valence-corrected chi connectivity index (χ2v) is 19.7. The fourth-order valence-corrected chi connectivity index (χ4v) is 9.45. The largest absolute Gasteiger partial charge is 0.507 e. The Morgan fingerprint density at radius 2 is 0.985 bits per heavy atom. The van der Waals surface area contributed by atoms with E-state index in [-0.39, 0.29) is 16.6 Å². The van der Waals surface area contributed by atoms with Crippen LogP contribution in [0.3, 0.4) is 0 Å². The highest BCUT2D eigenvalue weighted by Crippen LogP contribution is 2.47. The predicted octanol–water partition coefficient (Wildman–Crippen LogP) is 16.7. The predicted molar refractivity (Wildman–Crippen MR) is 281 cm³/mol. The van der Waals surface area contributed by atoms with Gasteiger partial charge in [0.1, 0.15) is 11.6 Å². The molecule has 0 atom stereocenters. The molecule has 0 bridgehead atoms. The maximum Gasteiger partial charge on any atom is 0.149 e. The molecule has 0 saturated heterocycles. The van der Waals surface area contributed by atoms with Gasteiger partial charge in [-0.1, -0.05) is 187 Å². The Morgan fingerprint density at radius 3 is 1.60 bits per heavy atom.